The van der Waals surface area contributed by atoms with Crippen LogP contribution in [0.2, 0.25) is 0 Å². The second kappa shape index (κ2) is 4.64. The molecule has 0 bridgehead atoms. The van der Waals surface area contributed by atoms with Crippen LogP contribution in [0.25, 0.3) is 5.69 Å². The van der Waals surface area contributed by atoms with E-state index in [0.717, 1.165) is 23.0 Å². The molecule has 0 N–H and O–H groups in total. The lowest BCUT2D eigenvalue weighted by molar-refractivity contribution is -0.143. The van der Waals surface area contributed by atoms with Crippen LogP contribution in [0.5, 0.6) is 0 Å². The Kier molecular flexibility index (Phi) is 3.34. The van der Waals surface area contributed by atoms with E-state index in [1.165, 1.54) is 12.1 Å². The number of nitrogens with zero attached hydrogens (tertiary/aromatic N) is 2. The lowest BCUT2D eigenvalue weighted by atomic mass is 10.2. The van der Waals surface area contributed by atoms with Gasteiger partial charge in [-0.25, -0.2) is 9.07 Å². The Balaban J connectivity index is 2.58. The Morgan fingerprint density at radius 3 is 2.28 bits per heavy atom. The van der Waals surface area contributed by atoms with Gasteiger partial charge in [-0.3, -0.25) is 0 Å². The summed E-state index contributed by atoms with van der Waals surface area (Å²) in [5, 5.41) is 3.68. The summed E-state index contributed by atoms with van der Waals surface area (Å²) in [7, 11) is 0. The molecule has 2 aromatic rings. The third kappa shape index (κ3) is 2.35. The van der Waals surface area contributed by atoms with Crippen LogP contribution in [0.4, 0.5) is 17.6 Å². The third-order valence-corrected chi connectivity index (χ3v) is 2.70. The van der Waals surface area contributed by atoms with Gasteiger partial charge in [0.2, 0.25) is 0 Å². The van der Waals surface area contributed by atoms with Gasteiger partial charge in [-0.05, 0) is 24.3 Å². The number of halogens is 4. The molecule has 18 heavy (non-hydrogen) atoms. The van der Waals surface area contributed by atoms with Crippen molar-refractivity contribution >= 4 is 12.6 Å². The van der Waals surface area contributed by atoms with Crippen molar-refractivity contribution in [3.8, 4) is 5.69 Å². The number of hydrogen-bond donors (Lipinski definition) is 1. The minimum Gasteiger partial charge on any atom is -0.228 e. The molecule has 1 aromatic heterocycles. The molecule has 2 nitrogen and oxygen atoms in total. The fourth-order valence-electron chi connectivity index (χ4n) is 1.58. The van der Waals surface area contributed by atoms with Crippen molar-refractivity contribution in [2.24, 2.45) is 0 Å². The average molecular weight is 276 g/mol. The van der Waals surface area contributed by atoms with E-state index in [1.54, 1.807) is 0 Å². The molecular weight excluding hydrogens is 268 g/mol. The standard InChI is InChI=1S/C11H8F4N2S/c12-8-1-3-9(4-2-8)17-10(11(13,14)15)7(6-18)5-16-17/h1-5,18H,6H2. The molecule has 1 heterocycles. The summed E-state index contributed by atoms with van der Waals surface area (Å²) in [6, 6.07) is 4.63. The van der Waals surface area contributed by atoms with Gasteiger partial charge in [0.1, 0.15) is 5.82 Å². The normalized spacial score (nSPS) is 11.8. The third-order valence-electron chi connectivity index (χ3n) is 2.36. The van der Waals surface area contributed by atoms with Crippen molar-refractivity contribution in [1.82, 2.24) is 9.78 Å². The minimum absolute atomic E-state index is 0.0184. The van der Waals surface area contributed by atoms with Gasteiger partial charge < -0.3 is 0 Å². The number of alkyl halides is 3. The van der Waals surface area contributed by atoms with Crippen molar-refractivity contribution in [1.29, 1.82) is 0 Å². The molecule has 0 aliphatic carbocycles. The van der Waals surface area contributed by atoms with Gasteiger partial charge in [0.05, 0.1) is 11.9 Å². The number of hydrogen-bond acceptors (Lipinski definition) is 2. The Bertz CT molecular complexity index is 545. The monoisotopic (exact) mass is 276 g/mol. The van der Waals surface area contributed by atoms with Crippen LogP contribution < -0.4 is 0 Å². The van der Waals surface area contributed by atoms with Gasteiger partial charge >= 0.3 is 6.18 Å². The average Bonchev–Trinajstić information content (AvgIpc) is 2.73. The van der Waals surface area contributed by atoms with Crippen LogP contribution in [0.1, 0.15) is 11.3 Å². The maximum absolute atomic E-state index is 12.9. The Hall–Kier alpha value is -1.50. The highest BCUT2D eigenvalue weighted by Crippen LogP contribution is 2.34. The van der Waals surface area contributed by atoms with Crippen molar-refractivity contribution in [3.63, 3.8) is 0 Å². The van der Waals surface area contributed by atoms with Crippen LogP contribution >= 0.6 is 12.6 Å². The fourth-order valence-corrected chi connectivity index (χ4v) is 1.81. The van der Waals surface area contributed by atoms with E-state index in [2.05, 4.69) is 17.7 Å². The summed E-state index contributed by atoms with van der Waals surface area (Å²) in [5.41, 5.74) is -0.754. The van der Waals surface area contributed by atoms with Gasteiger partial charge in [0.15, 0.2) is 5.69 Å². The molecule has 2 rings (SSSR count). The summed E-state index contributed by atoms with van der Waals surface area (Å²) in [4.78, 5) is 0. The molecule has 0 aliphatic rings. The first-order valence-electron chi connectivity index (χ1n) is 4.94. The Labute approximate surface area is 106 Å². The number of thiol groups is 1. The minimum atomic E-state index is -4.54. The molecule has 7 heteroatoms. The summed E-state index contributed by atoms with van der Waals surface area (Å²) < 4.78 is 52.3. The van der Waals surface area contributed by atoms with E-state index >= 15 is 0 Å². The molecule has 0 fully saturated rings. The first kappa shape index (κ1) is 12.9. The highest BCUT2D eigenvalue weighted by atomic mass is 32.1. The van der Waals surface area contributed by atoms with Gasteiger partial charge in [-0.2, -0.15) is 30.9 Å². The molecule has 0 unspecified atom stereocenters. The molecule has 0 aliphatic heterocycles. The first-order chi connectivity index (χ1) is 8.43. The predicted molar refractivity (Wildman–Crippen MR) is 61.2 cm³/mol. The largest absolute Gasteiger partial charge is 0.433 e. The number of benzene rings is 1. The SMILES string of the molecule is Fc1ccc(-n2ncc(CS)c2C(F)(F)F)cc1. The molecule has 0 spiro atoms. The van der Waals surface area contributed by atoms with Gasteiger partial charge in [-0.1, -0.05) is 0 Å². The molecule has 1 aromatic carbocycles. The first-order valence-corrected chi connectivity index (χ1v) is 5.57. The lowest BCUT2D eigenvalue weighted by Crippen LogP contribution is -2.15. The zero-order valence-corrected chi connectivity index (χ0v) is 9.84. The van der Waals surface area contributed by atoms with E-state index in [-0.39, 0.29) is 17.0 Å². The number of rotatable bonds is 2. The summed E-state index contributed by atoms with van der Waals surface area (Å²) >= 11 is 3.84. The predicted octanol–water partition coefficient (Wildman–Crippen LogP) is 3.46. The second-order valence-corrected chi connectivity index (χ2v) is 3.88. The molecule has 0 radical (unpaired) electrons. The van der Waals surface area contributed by atoms with E-state index < -0.39 is 17.7 Å². The Morgan fingerprint density at radius 1 is 1.17 bits per heavy atom. The Morgan fingerprint density at radius 2 is 1.78 bits per heavy atom. The summed E-state index contributed by atoms with van der Waals surface area (Å²) in [5.74, 6) is -0.593. The molecule has 0 amide bonds. The van der Waals surface area contributed by atoms with Crippen molar-refractivity contribution in [2.75, 3.05) is 0 Å². The van der Waals surface area contributed by atoms with Gasteiger partial charge in [-0.15, -0.1) is 0 Å². The maximum atomic E-state index is 12.9. The highest BCUT2D eigenvalue weighted by Gasteiger charge is 2.38. The fraction of sp³-hybridized carbons (Fsp3) is 0.182. The molecular formula is C11H8F4N2S. The van der Waals surface area contributed by atoms with E-state index in [9.17, 15) is 17.6 Å². The van der Waals surface area contributed by atoms with Crippen LogP contribution in [-0.4, -0.2) is 9.78 Å². The quantitative estimate of drug-likeness (QED) is 0.657. The number of aromatic nitrogens is 2. The van der Waals surface area contributed by atoms with Crippen LogP contribution in [-0.2, 0) is 11.9 Å². The van der Waals surface area contributed by atoms with Gasteiger partial charge in [0, 0.05) is 11.3 Å². The zero-order valence-electron chi connectivity index (χ0n) is 8.95. The molecule has 0 saturated heterocycles. The van der Waals surface area contributed by atoms with E-state index in [1.807, 2.05) is 0 Å². The molecule has 0 saturated carbocycles. The summed E-state index contributed by atoms with van der Waals surface area (Å²) in [6.07, 6.45) is -3.43. The summed E-state index contributed by atoms with van der Waals surface area (Å²) in [6.45, 7) is 0. The maximum Gasteiger partial charge on any atom is 0.433 e. The lowest BCUT2D eigenvalue weighted by Gasteiger charge is -2.12. The van der Waals surface area contributed by atoms with Crippen molar-refractivity contribution in [2.45, 2.75) is 11.9 Å². The second-order valence-electron chi connectivity index (χ2n) is 3.56. The van der Waals surface area contributed by atoms with E-state index in [4.69, 9.17) is 0 Å². The van der Waals surface area contributed by atoms with Crippen LogP contribution in [0, 0.1) is 5.82 Å². The topological polar surface area (TPSA) is 17.8 Å². The highest BCUT2D eigenvalue weighted by molar-refractivity contribution is 7.79. The van der Waals surface area contributed by atoms with Crippen molar-refractivity contribution in [3.05, 3.63) is 47.5 Å². The molecule has 0 atom stereocenters. The van der Waals surface area contributed by atoms with Crippen molar-refractivity contribution < 1.29 is 17.6 Å². The zero-order chi connectivity index (χ0) is 13.3. The smallest absolute Gasteiger partial charge is 0.228 e. The van der Waals surface area contributed by atoms with Gasteiger partial charge in [0.25, 0.3) is 0 Å². The molecule has 96 valence electrons. The van der Waals surface area contributed by atoms with Crippen LogP contribution in [0.3, 0.4) is 0 Å². The van der Waals surface area contributed by atoms with E-state index in [0.29, 0.717) is 0 Å². The van der Waals surface area contributed by atoms with Crippen LogP contribution in [0.15, 0.2) is 30.5 Å².